The zero-order chi connectivity index (χ0) is 12.5. The molecule has 0 N–H and O–H groups in total. The van der Waals surface area contributed by atoms with Crippen LogP contribution in [0.1, 0.15) is 5.56 Å². The highest BCUT2D eigenvalue weighted by Gasteiger charge is 2.03. The van der Waals surface area contributed by atoms with E-state index < -0.39 is 0 Å². The molecule has 1 aromatic heterocycles. The average molecular weight is 298 g/mol. The van der Waals surface area contributed by atoms with E-state index in [1.165, 1.54) is 5.56 Å². The first-order valence-corrected chi connectivity index (χ1v) is 6.66. The van der Waals surface area contributed by atoms with Crippen LogP contribution in [-0.2, 0) is 0 Å². The van der Waals surface area contributed by atoms with Gasteiger partial charge in [0.15, 0.2) is 0 Å². The normalized spacial score (nSPS) is 10.8. The summed E-state index contributed by atoms with van der Waals surface area (Å²) in [6, 6.07) is 18.8. The Morgan fingerprint density at radius 2 is 1.67 bits per heavy atom. The van der Waals surface area contributed by atoms with Crippen molar-refractivity contribution in [3.8, 4) is 11.3 Å². The second-order valence-electron chi connectivity index (χ2n) is 4.37. The van der Waals surface area contributed by atoms with Gasteiger partial charge in [0.05, 0.1) is 11.2 Å². The highest BCUT2D eigenvalue weighted by atomic mass is 79.9. The smallest absolute Gasteiger partial charge is 0.0851 e. The van der Waals surface area contributed by atoms with Gasteiger partial charge in [0, 0.05) is 15.4 Å². The lowest BCUT2D eigenvalue weighted by Crippen LogP contribution is -1.86. The van der Waals surface area contributed by atoms with E-state index in [1.807, 2.05) is 12.1 Å². The predicted molar refractivity (Wildman–Crippen MR) is 79.6 cm³/mol. The Bertz CT molecular complexity index is 702. The van der Waals surface area contributed by atoms with Gasteiger partial charge in [-0.05, 0) is 35.0 Å². The van der Waals surface area contributed by atoms with E-state index in [2.05, 4.69) is 65.3 Å². The lowest BCUT2D eigenvalue weighted by Gasteiger charge is -2.05. The summed E-state index contributed by atoms with van der Waals surface area (Å²) in [6.07, 6.45) is 0. The fraction of sp³-hybridized carbons (Fsp3) is 0.0625. The molecule has 0 aliphatic heterocycles. The van der Waals surface area contributed by atoms with Gasteiger partial charge >= 0.3 is 0 Å². The monoisotopic (exact) mass is 297 g/mol. The Hall–Kier alpha value is -1.67. The lowest BCUT2D eigenvalue weighted by molar-refractivity contribution is 1.38. The number of aromatic nitrogens is 1. The van der Waals surface area contributed by atoms with Crippen molar-refractivity contribution in [1.29, 1.82) is 0 Å². The molecular formula is C16H12BrN. The van der Waals surface area contributed by atoms with Crippen LogP contribution in [0.3, 0.4) is 0 Å². The molecule has 0 saturated carbocycles. The van der Waals surface area contributed by atoms with Crippen molar-refractivity contribution in [2.24, 2.45) is 0 Å². The topological polar surface area (TPSA) is 12.9 Å². The molecule has 0 radical (unpaired) electrons. The highest BCUT2D eigenvalue weighted by molar-refractivity contribution is 9.10. The van der Waals surface area contributed by atoms with Crippen LogP contribution in [0.5, 0.6) is 0 Å². The third kappa shape index (κ3) is 2.04. The second kappa shape index (κ2) is 4.54. The number of aryl methyl sites for hydroxylation is 1. The molecule has 0 unspecified atom stereocenters. The van der Waals surface area contributed by atoms with E-state index in [9.17, 15) is 0 Å². The first-order valence-electron chi connectivity index (χ1n) is 5.86. The van der Waals surface area contributed by atoms with Crippen LogP contribution < -0.4 is 0 Å². The van der Waals surface area contributed by atoms with Crippen molar-refractivity contribution in [2.75, 3.05) is 0 Å². The van der Waals surface area contributed by atoms with Crippen molar-refractivity contribution in [3.05, 3.63) is 64.6 Å². The van der Waals surface area contributed by atoms with Crippen LogP contribution in [0.2, 0.25) is 0 Å². The molecule has 0 bridgehead atoms. The van der Waals surface area contributed by atoms with E-state index in [0.29, 0.717) is 0 Å². The quantitative estimate of drug-likeness (QED) is 0.618. The molecule has 18 heavy (non-hydrogen) atoms. The maximum absolute atomic E-state index is 4.73. The fourth-order valence-electron chi connectivity index (χ4n) is 2.00. The number of benzene rings is 2. The van der Waals surface area contributed by atoms with Gasteiger partial charge in [0.2, 0.25) is 0 Å². The van der Waals surface area contributed by atoms with E-state index >= 15 is 0 Å². The Morgan fingerprint density at radius 1 is 0.889 bits per heavy atom. The summed E-state index contributed by atoms with van der Waals surface area (Å²) in [5, 5.41) is 1.15. The molecule has 1 nitrogen and oxygen atoms in total. The van der Waals surface area contributed by atoms with Crippen LogP contribution in [0.15, 0.2) is 59.1 Å². The zero-order valence-electron chi connectivity index (χ0n) is 10.0. The van der Waals surface area contributed by atoms with Gasteiger partial charge in [-0.3, -0.25) is 0 Å². The minimum absolute atomic E-state index is 1.01. The molecule has 0 atom stereocenters. The minimum atomic E-state index is 1.01. The summed E-state index contributed by atoms with van der Waals surface area (Å²) < 4.78 is 1.04. The van der Waals surface area contributed by atoms with Gasteiger partial charge in [0.25, 0.3) is 0 Å². The molecule has 0 aliphatic rings. The molecule has 0 fully saturated rings. The summed E-state index contributed by atoms with van der Waals surface area (Å²) >= 11 is 3.55. The van der Waals surface area contributed by atoms with Gasteiger partial charge in [-0.1, -0.05) is 48.0 Å². The minimum Gasteiger partial charge on any atom is -0.247 e. The summed E-state index contributed by atoms with van der Waals surface area (Å²) in [6.45, 7) is 2.09. The standard InChI is InChI=1S/C16H12BrN/c1-11-5-7-12(8-6-11)15-10-9-13-3-2-4-14(17)16(13)18-15/h2-10H,1H3. The van der Waals surface area contributed by atoms with E-state index in [1.54, 1.807) is 0 Å². The largest absolute Gasteiger partial charge is 0.247 e. The first kappa shape index (κ1) is 11.4. The molecule has 2 heteroatoms. The number of halogens is 1. The molecular weight excluding hydrogens is 286 g/mol. The van der Waals surface area contributed by atoms with Crippen LogP contribution in [0, 0.1) is 6.92 Å². The highest BCUT2D eigenvalue weighted by Crippen LogP contribution is 2.26. The number of hydrogen-bond acceptors (Lipinski definition) is 1. The molecule has 1 heterocycles. The number of fused-ring (bicyclic) bond motifs is 1. The van der Waals surface area contributed by atoms with Crippen LogP contribution in [-0.4, -0.2) is 4.98 Å². The van der Waals surface area contributed by atoms with Crippen LogP contribution in [0.4, 0.5) is 0 Å². The summed E-state index contributed by atoms with van der Waals surface area (Å²) in [5.41, 5.74) is 4.43. The number of para-hydroxylation sites is 1. The Labute approximate surface area is 115 Å². The van der Waals surface area contributed by atoms with Gasteiger partial charge in [0.1, 0.15) is 0 Å². The van der Waals surface area contributed by atoms with E-state index in [4.69, 9.17) is 4.98 Å². The number of pyridine rings is 1. The summed E-state index contributed by atoms with van der Waals surface area (Å²) in [5.74, 6) is 0. The SMILES string of the molecule is Cc1ccc(-c2ccc3cccc(Br)c3n2)cc1. The number of rotatable bonds is 1. The van der Waals surface area contributed by atoms with Gasteiger partial charge in [-0.2, -0.15) is 0 Å². The number of hydrogen-bond donors (Lipinski definition) is 0. The fourth-order valence-corrected chi connectivity index (χ4v) is 2.47. The Balaban J connectivity index is 2.18. The third-order valence-electron chi connectivity index (χ3n) is 3.02. The number of nitrogens with zero attached hydrogens (tertiary/aromatic N) is 1. The first-order chi connectivity index (χ1) is 8.74. The molecule has 3 rings (SSSR count). The van der Waals surface area contributed by atoms with E-state index in [-0.39, 0.29) is 0 Å². The van der Waals surface area contributed by atoms with Crippen molar-refractivity contribution < 1.29 is 0 Å². The molecule has 0 saturated heterocycles. The molecule has 0 spiro atoms. The maximum atomic E-state index is 4.73. The van der Waals surface area contributed by atoms with Crippen molar-refractivity contribution in [3.63, 3.8) is 0 Å². The van der Waals surface area contributed by atoms with Gasteiger partial charge in [-0.15, -0.1) is 0 Å². The van der Waals surface area contributed by atoms with Crippen LogP contribution in [0.25, 0.3) is 22.2 Å². The predicted octanol–water partition coefficient (Wildman–Crippen LogP) is 4.97. The van der Waals surface area contributed by atoms with Crippen LogP contribution >= 0.6 is 15.9 Å². The summed E-state index contributed by atoms with van der Waals surface area (Å²) in [7, 11) is 0. The maximum Gasteiger partial charge on any atom is 0.0851 e. The molecule has 0 amide bonds. The Kier molecular flexibility index (Phi) is 2.88. The molecule has 0 aliphatic carbocycles. The molecule has 88 valence electrons. The van der Waals surface area contributed by atoms with Gasteiger partial charge in [-0.25, -0.2) is 4.98 Å². The zero-order valence-corrected chi connectivity index (χ0v) is 11.6. The average Bonchev–Trinajstić information content (AvgIpc) is 2.40. The second-order valence-corrected chi connectivity index (χ2v) is 5.23. The van der Waals surface area contributed by atoms with Crippen molar-refractivity contribution >= 4 is 26.8 Å². The van der Waals surface area contributed by atoms with Crippen molar-refractivity contribution in [2.45, 2.75) is 6.92 Å². The third-order valence-corrected chi connectivity index (χ3v) is 3.66. The van der Waals surface area contributed by atoms with E-state index in [0.717, 1.165) is 26.6 Å². The lowest BCUT2D eigenvalue weighted by atomic mass is 10.1. The molecule has 3 aromatic rings. The summed E-state index contributed by atoms with van der Waals surface area (Å²) in [4.78, 5) is 4.73. The molecule has 2 aromatic carbocycles. The van der Waals surface area contributed by atoms with Gasteiger partial charge < -0.3 is 0 Å². The Morgan fingerprint density at radius 3 is 2.44 bits per heavy atom. The van der Waals surface area contributed by atoms with Crippen molar-refractivity contribution in [1.82, 2.24) is 4.98 Å².